The number of carboxylic acids is 1. The van der Waals surface area contributed by atoms with E-state index in [4.69, 9.17) is 0 Å². The molecule has 1 N–H and O–H groups in total. The largest absolute Gasteiger partial charge is 0.478 e. The van der Waals surface area contributed by atoms with Crippen LogP contribution in [-0.4, -0.2) is 21.0 Å². The zero-order valence-electron chi connectivity index (χ0n) is 14.4. The van der Waals surface area contributed by atoms with E-state index in [2.05, 4.69) is 9.97 Å². The third-order valence-corrected chi connectivity index (χ3v) is 4.31. The highest BCUT2D eigenvalue weighted by Crippen LogP contribution is 2.33. The van der Waals surface area contributed by atoms with Gasteiger partial charge in [0.2, 0.25) is 0 Å². The van der Waals surface area contributed by atoms with Gasteiger partial charge in [-0.2, -0.15) is 0 Å². The molecule has 4 aromatic rings. The first kappa shape index (κ1) is 16.7. The van der Waals surface area contributed by atoms with E-state index < -0.39 is 5.97 Å². The van der Waals surface area contributed by atoms with Crippen LogP contribution in [0.1, 0.15) is 21.6 Å². The van der Waals surface area contributed by atoms with Gasteiger partial charge in [0.25, 0.3) is 0 Å². The summed E-state index contributed by atoms with van der Waals surface area (Å²) in [6.07, 6.45) is 6.97. The molecule has 130 valence electrons. The van der Waals surface area contributed by atoms with Gasteiger partial charge in [-0.25, -0.2) is 9.78 Å². The monoisotopic (exact) mass is 352 g/mol. The fourth-order valence-electron chi connectivity index (χ4n) is 3.12. The van der Waals surface area contributed by atoms with Gasteiger partial charge < -0.3 is 5.11 Å². The third kappa shape index (κ3) is 3.33. The van der Waals surface area contributed by atoms with E-state index in [1.165, 1.54) is 0 Å². The Balaban J connectivity index is 2.00. The Bertz CT molecular complexity index is 1140. The maximum absolute atomic E-state index is 12.2. The van der Waals surface area contributed by atoms with E-state index >= 15 is 0 Å². The van der Waals surface area contributed by atoms with Crippen LogP contribution in [0, 0.1) is 0 Å². The molecule has 4 nitrogen and oxygen atoms in total. The number of pyridine rings is 2. The number of aromatic carboxylic acids is 1. The average molecular weight is 352 g/mol. The Morgan fingerprint density at radius 2 is 1.67 bits per heavy atom. The van der Waals surface area contributed by atoms with Crippen LogP contribution in [0.3, 0.4) is 0 Å². The zero-order valence-corrected chi connectivity index (χ0v) is 14.4. The van der Waals surface area contributed by atoms with Gasteiger partial charge in [-0.3, -0.25) is 4.98 Å². The van der Waals surface area contributed by atoms with Crippen LogP contribution in [0.2, 0.25) is 0 Å². The van der Waals surface area contributed by atoms with Crippen molar-refractivity contribution >= 4 is 29.0 Å². The number of carboxylic acid groups (broad SMARTS) is 1. The Morgan fingerprint density at radius 3 is 2.41 bits per heavy atom. The zero-order chi connectivity index (χ0) is 18.6. The Labute approximate surface area is 156 Å². The maximum atomic E-state index is 12.2. The summed E-state index contributed by atoms with van der Waals surface area (Å²) < 4.78 is 0. The molecule has 27 heavy (non-hydrogen) atoms. The number of hydrogen-bond donors (Lipinski definition) is 1. The standard InChI is InChI=1S/C23H16N2O2/c26-23(27)22-20(13-12-16-7-6-14-24-15-16)25-19-11-5-4-10-18(19)21(22)17-8-2-1-3-9-17/h1-15H,(H,26,27)/b13-12+. The smallest absolute Gasteiger partial charge is 0.338 e. The van der Waals surface area contributed by atoms with Crippen LogP contribution in [0.4, 0.5) is 0 Å². The molecule has 2 aromatic heterocycles. The molecule has 0 atom stereocenters. The number of hydrogen-bond acceptors (Lipinski definition) is 3. The van der Waals surface area contributed by atoms with Gasteiger partial charge in [0, 0.05) is 23.3 Å². The van der Waals surface area contributed by atoms with Crippen LogP contribution < -0.4 is 0 Å². The summed E-state index contributed by atoms with van der Waals surface area (Å²) in [5.41, 5.74) is 3.78. The highest BCUT2D eigenvalue weighted by atomic mass is 16.4. The van der Waals surface area contributed by atoms with Crippen LogP contribution in [0.15, 0.2) is 79.1 Å². The summed E-state index contributed by atoms with van der Waals surface area (Å²) in [4.78, 5) is 20.9. The predicted molar refractivity (Wildman–Crippen MR) is 107 cm³/mol. The lowest BCUT2D eigenvalue weighted by Gasteiger charge is -2.13. The topological polar surface area (TPSA) is 63.1 Å². The van der Waals surface area contributed by atoms with Gasteiger partial charge in [-0.15, -0.1) is 0 Å². The van der Waals surface area contributed by atoms with Gasteiger partial charge in [-0.1, -0.05) is 60.7 Å². The molecule has 0 saturated heterocycles. The van der Waals surface area contributed by atoms with E-state index in [9.17, 15) is 9.90 Å². The molecule has 4 rings (SSSR count). The van der Waals surface area contributed by atoms with Crippen molar-refractivity contribution in [2.45, 2.75) is 0 Å². The first-order valence-corrected chi connectivity index (χ1v) is 8.53. The number of carbonyl (C=O) groups is 1. The highest BCUT2D eigenvalue weighted by molar-refractivity contribution is 6.09. The number of rotatable bonds is 4. The molecule has 0 saturated carbocycles. The van der Waals surface area contributed by atoms with Gasteiger partial charge in [-0.05, 0) is 29.3 Å². The summed E-state index contributed by atoms with van der Waals surface area (Å²) >= 11 is 0. The van der Waals surface area contributed by atoms with Crippen LogP contribution in [0.25, 0.3) is 34.2 Å². The van der Waals surface area contributed by atoms with E-state index in [1.54, 1.807) is 18.5 Å². The van der Waals surface area contributed by atoms with Gasteiger partial charge in [0.05, 0.1) is 16.8 Å². The SMILES string of the molecule is O=C(O)c1c(/C=C/c2cccnc2)nc2ccccc2c1-c1ccccc1. The average Bonchev–Trinajstić information content (AvgIpc) is 2.72. The van der Waals surface area contributed by atoms with Crippen LogP contribution in [0.5, 0.6) is 0 Å². The molecule has 0 aliphatic rings. The molecular formula is C23H16N2O2. The number of fused-ring (bicyclic) bond motifs is 1. The molecule has 0 spiro atoms. The van der Waals surface area contributed by atoms with Crippen molar-refractivity contribution in [1.82, 2.24) is 9.97 Å². The molecule has 0 amide bonds. The first-order chi connectivity index (χ1) is 13.2. The minimum atomic E-state index is -1.00. The minimum Gasteiger partial charge on any atom is -0.478 e. The summed E-state index contributed by atoms with van der Waals surface area (Å²) in [5.74, 6) is -1.00. The lowest BCUT2D eigenvalue weighted by Crippen LogP contribution is -2.06. The first-order valence-electron chi connectivity index (χ1n) is 8.53. The molecule has 0 unspecified atom stereocenters. The van der Waals surface area contributed by atoms with Gasteiger partial charge in [0.15, 0.2) is 0 Å². The van der Waals surface area contributed by atoms with Crippen molar-refractivity contribution in [3.63, 3.8) is 0 Å². The quantitative estimate of drug-likeness (QED) is 0.551. The molecule has 4 heteroatoms. The van der Waals surface area contributed by atoms with Gasteiger partial charge >= 0.3 is 5.97 Å². The molecule has 0 aliphatic heterocycles. The summed E-state index contributed by atoms with van der Waals surface area (Å²) in [6.45, 7) is 0. The van der Waals surface area contributed by atoms with E-state index in [0.29, 0.717) is 11.3 Å². The van der Waals surface area contributed by atoms with E-state index in [-0.39, 0.29) is 5.56 Å². The second-order valence-corrected chi connectivity index (χ2v) is 6.06. The molecular weight excluding hydrogens is 336 g/mol. The van der Waals surface area contributed by atoms with Crippen molar-refractivity contribution < 1.29 is 9.90 Å². The van der Waals surface area contributed by atoms with E-state index in [0.717, 1.165) is 22.0 Å². The molecule has 0 bridgehead atoms. The van der Waals surface area contributed by atoms with Crippen molar-refractivity contribution in [2.24, 2.45) is 0 Å². The number of aromatic nitrogens is 2. The number of benzene rings is 2. The summed E-state index contributed by atoms with van der Waals surface area (Å²) in [6, 6.07) is 20.9. The summed E-state index contributed by atoms with van der Waals surface area (Å²) in [7, 11) is 0. The van der Waals surface area contributed by atoms with Crippen molar-refractivity contribution in [3.8, 4) is 11.1 Å². The second kappa shape index (κ2) is 7.22. The lowest BCUT2D eigenvalue weighted by molar-refractivity contribution is 0.0697. The molecule has 0 radical (unpaired) electrons. The Hall–Kier alpha value is -3.79. The third-order valence-electron chi connectivity index (χ3n) is 4.31. The maximum Gasteiger partial charge on any atom is 0.338 e. The fraction of sp³-hybridized carbons (Fsp3) is 0. The minimum absolute atomic E-state index is 0.194. The highest BCUT2D eigenvalue weighted by Gasteiger charge is 2.20. The molecule has 0 fully saturated rings. The number of nitrogens with zero attached hydrogens (tertiary/aromatic N) is 2. The van der Waals surface area contributed by atoms with Crippen LogP contribution in [-0.2, 0) is 0 Å². The normalized spacial score (nSPS) is 11.1. The fourth-order valence-corrected chi connectivity index (χ4v) is 3.12. The van der Waals surface area contributed by atoms with Crippen molar-refractivity contribution in [3.05, 3.63) is 95.9 Å². The Kier molecular flexibility index (Phi) is 4.45. The van der Waals surface area contributed by atoms with E-state index in [1.807, 2.05) is 72.8 Å². The van der Waals surface area contributed by atoms with Crippen LogP contribution >= 0.6 is 0 Å². The van der Waals surface area contributed by atoms with Gasteiger partial charge in [0.1, 0.15) is 0 Å². The molecule has 2 aromatic carbocycles. The lowest BCUT2D eigenvalue weighted by atomic mass is 9.94. The number of para-hydroxylation sites is 1. The predicted octanol–water partition coefficient (Wildman–Crippen LogP) is 5.17. The molecule has 0 aliphatic carbocycles. The van der Waals surface area contributed by atoms with Crippen molar-refractivity contribution in [2.75, 3.05) is 0 Å². The Morgan fingerprint density at radius 1 is 0.889 bits per heavy atom. The molecule has 2 heterocycles. The van der Waals surface area contributed by atoms with Crippen molar-refractivity contribution in [1.29, 1.82) is 0 Å². The second-order valence-electron chi connectivity index (χ2n) is 6.06. The summed E-state index contributed by atoms with van der Waals surface area (Å²) in [5, 5.41) is 10.8.